The molecule has 1 unspecified atom stereocenters. The third-order valence-corrected chi connectivity index (χ3v) is 5.86. The molecule has 5 nitrogen and oxygen atoms in total. The quantitative estimate of drug-likeness (QED) is 0.899. The van der Waals surface area contributed by atoms with Crippen LogP contribution in [0.4, 0.5) is 4.39 Å². The van der Waals surface area contributed by atoms with Crippen LogP contribution < -0.4 is 5.32 Å². The van der Waals surface area contributed by atoms with Gasteiger partial charge in [-0.1, -0.05) is 12.1 Å². The predicted molar refractivity (Wildman–Crippen MR) is 92.1 cm³/mol. The number of benzene rings is 1. The number of pyridine rings is 1. The minimum atomic E-state index is -3.92. The Morgan fingerprint density at radius 1 is 1.33 bits per heavy atom. The van der Waals surface area contributed by atoms with E-state index in [0.29, 0.717) is 18.7 Å². The van der Waals surface area contributed by atoms with E-state index in [4.69, 9.17) is 0 Å². The van der Waals surface area contributed by atoms with Gasteiger partial charge in [-0.2, -0.15) is 4.31 Å². The number of hydrogen-bond acceptors (Lipinski definition) is 4. The lowest BCUT2D eigenvalue weighted by molar-refractivity contribution is 0.270. The van der Waals surface area contributed by atoms with Gasteiger partial charge >= 0.3 is 0 Å². The molecule has 0 radical (unpaired) electrons. The fourth-order valence-corrected chi connectivity index (χ4v) is 4.53. The third kappa shape index (κ3) is 3.59. The van der Waals surface area contributed by atoms with Gasteiger partial charge in [0.05, 0.1) is 6.04 Å². The van der Waals surface area contributed by atoms with Crippen LogP contribution in [0.1, 0.15) is 17.2 Å². The number of rotatable bonds is 3. The minimum absolute atomic E-state index is 0. The Kier molecular flexibility index (Phi) is 5.92. The van der Waals surface area contributed by atoms with Gasteiger partial charge in [-0.05, 0) is 36.2 Å². The van der Waals surface area contributed by atoms with Gasteiger partial charge < -0.3 is 5.32 Å². The van der Waals surface area contributed by atoms with Gasteiger partial charge in [-0.25, -0.2) is 12.8 Å². The molecule has 0 bridgehead atoms. The van der Waals surface area contributed by atoms with Gasteiger partial charge in [0.25, 0.3) is 0 Å². The molecule has 3 rings (SSSR count). The zero-order chi connectivity index (χ0) is 16.4. The molecular weight excluding hydrogens is 353 g/mol. The molecule has 0 aliphatic carbocycles. The standard InChI is InChI=1S/C16H18FN3O2S.ClH/c1-12-4-5-14(17)16(9-12)23(21,22)20-8-7-19-11-15(20)13-3-2-6-18-10-13;/h2-6,9-10,15,19H,7-8,11H2,1H3;1H. The fourth-order valence-electron chi connectivity index (χ4n) is 2.77. The zero-order valence-electron chi connectivity index (χ0n) is 13.1. The van der Waals surface area contributed by atoms with Crippen LogP contribution in [-0.2, 0) is 10.0 Å². The number of nitrogens with zero attached hydrogens (tertiary/aromatic N) is 2. The van der Waals surface area contributed by atoms with E-state index in [1.54, 1.807) is 31.5 Å². The van der Waals surface area contributed by atoms with Crippen LogP contribution >= 0.6 is 12.4 Å². The summed E-state index contributed by atoms with van der Waals surface area (Å²) in [5.74, 6) is -0.723. The predicted octanol–water partition coefficient (Wildman–Crippen LogP) is 2.29. The summed E-state index contributed by atoms with van der Waals surface area (Å²) < 4.78 is 41.4. The summed E-state index contributed by atoms with van der Waals surface area (Å²) in [5.41, 5.74) is 1.49. The molecule has 2 aromatic rings. The van der Waals surface area contributed by atoms with Gasteiger partial charge in [0.1, 0.15) is 10.7 Å². The Labute approximate surface area is 147 Å². The van der Waals surface area contributed by atoms with Crippen LogP contribution in [-0.4, -0.2) is 37.3 Å². The molecule has 1 aromatic heterocycles. The van der Waals surface area contributed by atoms with E-state index in [-0.39, 0.29) is 23.8 Å². The monoisotopic (exact) mass is 371 g/mol. The summed E-state index contributed by atoms with van der Waals surface area (Å²) in [6, 6.07) is 7.34. The molecule has 1 aliphatic rings. The first-order valence-electron chi connectivity index (χ1n) is 7.39. The van der Waals surface area contributed by atoms with Crippen molar-refractivity contribution in [2.24, 2.45) is 0 Å². The fraction of sp³-hybridized carbons (Fsp3) is 0.312. The smallest absolute Gasteiger partial charge is 0.246 e. The number of halogens is 2. The first kappa shape index (κ1) is 18.8. The van der Waals surface area contributed by atoms with Crippen LogP contribution in [0, 0.1) is 12.7 Å². The first-order valence-corrected chi connectivity index (χ1v) is 8.83. The van der Waals surface area contributed by atoms with E-state index < -0.39 is 21.9 Å². The second kappa shape index (κ2) is 7.57. The lowest BCUT2D eigenvalue weighted by Crippen LogP contribution is -2.48. The molecule has 130 valence electrons. The van der Waals surface area contributed by atoms with Crippen molar-refractivity contribution in [2.75, 3.05) is 19.6 Å². The van der Waals surface area contributed by atoms with Crippen LogP contribution in [0.15, 0.2) is 47.6 Å². The Balaban J connectivity index is 0.00000208. The van der Waals surface area contributed by atoms with E-state index in [1.807, 2.05) is 6.07 Å². The second-order valence-corrected chi connectivity index (χ2v) is 7.41. The minimum Gasteiger partial charge on any atom is -0.313 e. The van der Waals surface area contributed by atoms with Gasteiger partial charge in [0, 0.05) is 32.0 Å². The summed E-state index contributed by atoms with van der Waals surface area (Å²) >= 11 is 0. The van der Waals surface area contributed by atoms with Crippen LogP contribution in [0.25, 0.3) is 0 Å². The molecule has 1 saturated heterocycles. The molecule has 0 saturated carbocycles. The molecule has 0 amide bonds. The van der Waals surface area contributed by atoms with Crippen molar-refractivity contribution in [3.05, 3.63) is 59.7 Å². The van der Waals surface area contributed by atoms with Crippen molar-refractivity contribution in [3.63, 3.8) is 0 Å². The summed E-state index contributed by atoms with van der Waals surface area (Å²) in [5, 5.41) is 3.19. The first-order chi connectivity index (χ1) is 11.0. The number of piperazine rings is 1. The SMILES string of the molecule is Cc1ccc(F)c(S(=O)(=O)N2CCNCC2c2cccnc2)c1.Cl. The highest BCUT2D eigenvalue weighted by atomic mass is 35.5. The van der Waals surface area contributed by atoms with Crippen LogP contribution in [0.5, 0.6) is 0 Å². The molecule has 1 N–H and O–H groups in total. The lowest BCUT2D eigenvalue weighted by atomic mass is 10.1. The second-order valence-electron chi connectivity index (χ2n) is 5.56. The number of hydrogen-bond donors (Lipinski definition) is 1. The third-order valence-electron chi connectivity index (χ3n) is 3.94. The molecule has 24 heavy (non-hydrogen) atoms. The highest BCUT2D eigenvalue weighted by Crippen LogP contribution is 2.30. The maximum atomic E-state index is 14.1. The lowest BCUT2D eigenvalue weighted by Gasteiger charge is -2.35. The Morgan fingerprint density at radius 2 is 2.12 bits per heavy atom. The maximum Gasteiger partial charge on any atom is 0.246 e. The number of aryl methyl sites for hydroxylation is 1. The van der Waals surface area contributed by atoms with Crippen molar-refractivity contribution in [1.82, 2.24) is 14.6 Å². The van der Waals surface area contributed by atoms with E-state index >= 15 is 0 Å². The van der Waals surface area contributed by atoms with Crippen molar-refractivity contribution in [3.8, 4) is 0 Å². The van der Waals surface area contributed by atoms with E-state index in [2.05, 4.69) is 10.3 Å². The maximum absolute atomic E-state index is 14.1. The van der Waals surface area contributed by atoms with Gasteiger partial charge in [0.2, 0.25) is 10.0 Å². The molecular formula is C16H19ClFN3O2S. The summed E-state index contributed by atoms with van der Waals surface area (Å²) in [7, 11) is -3.92. The highest BCUT2D eigenvalue weighted by molar-refractivity contribution is 7.89. The van der Waals surface area contributed by atoms with Crippen molar-refractivity contribution in [1.29, 1.82) is 0 Å². The van der Waals surface area contributed by atoms with Crippen molar-refractivity contribution < 1.29 is 12.8 Å². The average Bonchev–Trinajstić information content (AvgIpc) is 2.58. The summed E-state index contributed by atoms with van der Waals surface area (Å²) in [6.07, 6.45) is 3.28. The van der Waals surface area contributed by atoms with Crippen molar-refractivity contribution in [2.45, 2.75) is 17.9 Å². The Morgan fingerprint density at radius 3 is 2.83 bits per heavy atom. The van der Waals surface area contributed by atoms with E-state index in [1.165, 1.54) is 16.4 Å². The number of nitrogens with one attached hydrogen (secondary N) is 1. The van der Waals surface area contributed by atoms with E-state index in [9.17, 15) is 12.8 Å². The van der Waals surface area contributed by atoms with Crippen molar-refractivity contribution >= 4 is 22.4 Å². The van der Waals surface area contributed by atoms with Crippen LogP contribution in [0.2, 0.25) is 0 Å². The van der Waals surface area contributed by atoms with Gasteiger partial charge in [0.15, 0.2) is 0 Å². The molecule has 8 heteroatoms. The average molecular weight is 372 g/mol. The highest BCUT2D eigenvalue weighted by Gasteiger charge is 2.36. The topological polar surface area (TPSA) is 62.3 Å². The summed E-state index contributed by atoms with van der Waals surface area (Å²) in [4.78, 5) is 3.79. The molecule has 1 atom stereocenters. The van der Waals surface area contributed by atoms with Crippen LogP contribution in [0.3, 0.4) is 0 Å². The Hall–Kier alpha value is -1.54. The molecule has 1 aliphatic heterocycles. The van der Waals surface area contributed by atoms with Gasteiger partial charge in [-0.15, -0.1) is 12.4 Å². The number of aromatic nitrogens is 1. The molecule has 2 heterocycles. The molecule has 1 fully saturated rings. The van der Waals surface area contributed by atoms with Gasteiger partial charge in [-0.3, -0.25) is 4.98 Å². The Bertz CT molecular complexity index is 802. The molecule has 1 aromatic carbocycles. The molecule has 0 spiro atoms. The summed E-state index contributed by atoms with van der Waals surface area (Å²) in [6.45, 7) is 3.03. The largest absolute Gasteiger partial charge is 0.313 e. The van der Waals surface area contributed by atoms with E-state index in [0.717, 1.165) is 5.56 Å². The normalized spacial score (nSPS) is 18.8. The number of sulfonamides is 1. The zero-order valence-corrected chi connectivity index (χ0v) is 14.8.